The van der Waals surface area contributed by atoms with Gasteiger partial charge in [-0.1, -0.05) is 28.7 Å². The number of epoxide rings is 4. The van der Waals surface area contributed by atoms with E-state index in [0.717, 1.165) is 52.9 Å². The summed E-state index contributed by atoms with van der Waals surface area (Å²) >= 11 is 0. The van der Waals surface area contributed by atoms with Crippen molar-refractivity contribution in [2.75, 3.05) is 92.5 Å². The molecule has 4 rings (SSSR count). The molecule has 0 aromatic carbocycles. The van der Waals surface area contributed by atoms with Crippen LogP contribution in [0.1, 0.15) is 28.7 Å². The molecule has 4 fully saturated rings. The highest BCUT2D eigenvalue weighted by atomic mass is 16.6. The van der Waals surface area contributed by atoms with Gasteiger partial charge < -0.3 is 42.6 Å². The fraction of sp³-hybridized carbons (Fsp3) is 1.00. The molecule has 0 aliphatic carbocycles. The zero-order valence-corrected chi connectivity index (χ0v) is 18.4. The van der Waals surface area contributed by atoms with Gasteiger partial charge in [0.1, 0.15) is 24.4 Å². The Kier molecular flexibility index (Phi) is 15.1. The molecule has 0 aromatic rings. The topological polar surface area (TPSA) is 96.3 Å². The lowest BCUT2D eigenvalue weighted by atomic mass is 9.96. The van der Waals surface area contributed by atoms with Crippen LogP contribution in [0.4, 0.5) is 0 Å². The standard InChI is InChI=1S/C11H20O4.C10H18O5.2CH4/c1-11(2,7-12-3-9-5-14-9)8-13-4-10-6-15-10;1(3-12-5-9-7-14-9)11-2-4-13-6-10-8-15-10;;/h9-10H,3-8H2,1-2H3;9-10H,1-8H2;2*1H4. The van der Waals surface area contributed by atoms with E-state index in [1.807, 2.05) is 0 Å². The van der Waals surface area contributed by atoms with Crippen LogP contribution in [0.15, 0.2) is 0 Å². The van der Waals surface area contributed by atoms with E-state index in [0.29, 0.717) is 64.1 Å². The van der Waals surface area contributed by atoms with Crippen LogP contribution in [0.3, 0.4) is 0 Å². The van der Waals surface area contributed by atoms with E-state index in [4.69, 9.17) is 42.6 Å². The Morgan fingerprint density at radius 1 is 0.531 bits per heavy atom. The van der Waals surface area contributed by atoms with E-state index in [9.17, 15) is 0 Å². The number of ether oxygens (including phenoxy) is 9. The predicted octanol–water partition coefficient (Wildman–Crippen LogP) is 1.95. The molecule has 4 aliphatic heterocycles. The van der Waals surface area contributed by atoms with Crippen molar-refractivity contribution < 1.29 is 42.6 Å². The number of hydrogen-bond acceptors (Lipinski definition) is 9. The van der Waals surface area contributed by atoms with Crippen LogP contribution in [0.25, 0.3) is 0 Å². The highest BCUT2D eigenvalue weighted by molar-refractivity contribution is 4.73. The van der Waals surface area contributed by atoms with Crippen LogP contribution < -0.4 is 0 Å². The summed E-state index contributed by atoms with van der Waals surface area (Å²) in [5.41, 5.74) is 0.0732. The second-order valence-corrected chi connectivity index (χ2v) is 8.78. The second kappa shape index (κ2) is 16.3. The summed E-state index contributed by atoms with van der Waals surface area (Å²) in [6.45, 7) is 14.5. The van der Waals surface area contributed by atoms with Gasteiger partial charge >= 0.3 is 0 Å². The lowest BCUT2D eigenvalue weighted by molar-refractivity contribution is -0.0101. The molecular weight excluding hydrogens is 420 g/mol. The van der Waals surface area contributed by atoms with Crippen molar-refractivity contribution in [3.63, 3.8) is 0 Å². The van der Waals surface area contributed by atoms with E-state index in [1.165, 1.54) is 0 Å². The molecule has 0 amide bonds. The normalized spacial score (nSPS) is 26.8. The molecule has 0 aromatic heterocycles. The maximum Gasteiger partial charge on any atom is 0.104 e. The SMILES string of the molecule is C.C.C(COCC1CO1)OCCOCC1CO1.CC(C)(COCC1CO1)COCC1CO1. The minimum atomic E-state index is 0. The summed E-state index contributed by atoms with van der Waals surface area (Å²) in [7, 11) is 0. The lowest BCUT2D eigenvalue weighted by Crippen LogP contribution is -2.27. The average molecular weight is 467 g/mol. The monoisotopic (exact) mass is 466 g/mol. The summed E-state index contributed by atoms with van der Waals surface area (Å²) < 4.78 is 47.2. The van der Waals surface area contributed by atoms with Crippen LogP contribution >= 0.6 is 0 Å². The van der Waals surface area contributed by atoms with E-state index in [1.54, 1.807) is 0 Å². The Morgan fingerprint density at radius 2 is 0.812 bits per heavy atom. The van der Waals surface area contributed by atoms with Crippen LogP contribution in [0.2, 0.25) is 0 Å². The Labute approximate surface area is 194 Å². The van der Waals surface area contributed by atoms with Gasteiger partial charge in [-0.15, -0.1) is 0 Å². The molecule has 4 atom stereocenters. The van der Waals surface area contributed by atoms with Crippen molar-refractivity contribution in [3.05, 3.63) is 0 Å². The molecule has 4 unspecified atom stereocenters. The number of rotatable bonds is 18. The average Bonchev–Trinajstić information content (AvgIpc) is 3.54. The van der Waals surface area contributed by atoms with Crippen molar-refractivity contribution in [1.29, 1.82) is 0 Å². The third-order valence-electron chi connectivity index (χ3n) is 4.55. The summed E-state index contributed by atoms with van der Waals surface area (Å²) in [5.74, 6) is 0. The fourth-order valence-electron chi connectivity index (χ4n) is 2.40. The summed E-state index contributed by atoms with van der Waals surface area (Å²) in [6.07, 6.45) is 1.38. The summed E-state index contributed by atoms with van der Waals surface area (Å²) in [6, 6.07) is 0. The van der Waals surface area contributed by atoms with E-state index >= 15 is 0 Å². The van der Waals surface area contributed by atoms with Gasteiger partial charge in [0.05, 0.1) is 92.5 Å². The van der Waals surface area contributed by atoms with Crippen molar-refractivity contribution >= 4 is 0 Å². The van der Waals surface area contributed by atoms with Gasteiger partial charge in [0.15, 0.2) is 0 Å². The zero-order chi connectivity index (χ0) is 21.1. The highest BCUT2D eigenvalue weighted by Gasteiger charge is 2.27. The fourth-order valence-corrected chi connectivity index (χ4v) is 2.40. The first-order chi connectivity index (χ1) is 14.6. The van der Waals surface area contributed by atoms with Gasteiger partial charge in [-0.3, -0.25) is 0 Å². The maximum absolute atomic E-state index is 5.56. The molecule has 9 nitrogen and oxygen atoms in total. The van der Waals surface area contributed by atoms with Gasteiger partial charge in [0.25, 0.3) is 0 Å². The van der Waals surface area contributed by atoms with Crippen molar-refractivity contribution in [3.8, 4) is 0 Å². The molecule has 192 valence electrons. The Bertz CT molecular complexity index is 409. The van der Waals surface area contributed by atoms with Crippen molar-refractivity contribution in [1.82, 2.24) is 0 Å². The summed E-state index contributed by atoms with van der Waals surface area (Å²) in [5, 5.41) is 0. The Morgan fingerprint density at radius 3 is 1.12 bits per heavy atom. The predicted molar refractivity (Wildman–Crippen MR) is 120 cm³/mol. The summed E-state index contributed by atoms with van der Waals surface area (Å²) in [4.78, 5) is 0. The van der Waals surface area contributed by atoms with Gasteiger partial charge in [-0.2, -0.15) is 0 Å². The largest absolute Gasteiger partial charge is 0.378 e. The first-order valence-electron chi connectivity index (χ1n) is 11.0. The molecule has 0 bridgehead atoms. The molecule has 0 radical (unpaired) electrons. The maximum atomic E-state index is 5.56. The first kappa shape index (κ1) is 29.7. The van der Waals surface area contributed by atoms with Gasteiger partial charge in [0, 0.05) is 5.41 Å². The van der Waals surface area contributed by atoms with Crippen LogP contribution in [-0.4, -0.2) is 117 Å². The van der Waals surface area contributed by atoms with Crippen LogP contribution in [0.5, 0.6) is 0 Å². The quantitative estimate of drug-likeness (QED) is 0.222. The third kappa shape index (κ3) is 17.2. The van der Waals surface area contributed by atoms with Crippen molar-refractivity contribution in [2.45, 2.75) is 53.1 Å². The van der Waals surface area contributed by atoms with E-state index in [2.05, 4.69) is 13.8 Å². The Balaban J connectivity index is 0.000000301. The molecule has 4 aliphatic rings. The lowest BCUT2D eigenvalue weighted by Gasteiger charge is -2.23. The number of hydrogen-bond donors (Lipinski definition) is 0. The third-order valence-corrected chi connectivity index (χ3v) is 4.55. The molecule has 9 heteroatoms. The van der Waals surface area contributed by atoms with Crippen LogP contribution in [0, 0.1) is 5.41 Å². The van der Waals surface area contributed by atoms with Gasteiger partial charge in [-0.05, 0) is 0 Å². The molecule has 0 saturated carbocycles. The smallest absolute Gasteiger partial charge is 0.104 e. The minimum absolute atomic E-state index is 0. The molecular formula is C23H46O9. The van der Waals surface area contributed by atoms with Crippen molar-refractivity contribution in [2.24, 2.45) is 5.41 Å². The first-order valence-corrected chi connectivity index (χ1v) is 11.0. The molecule has 32 heavy (non-hydrogen) atoms. The van der Waals surface area contributed by atoms with Crippen LogP contribution in [-0.2, 0) is 42.6 Å². The van der Waals surface area contributed by atoms with E-state index < -0.39 is 0 Å². The highest BCUT2D eigenvalue weighted by Crippen LogP contribution is 2.19. The molecule has 4 saturated heterocycles. The minimum Gasteiger partial charge on any atom is -0.378 e. The molecule has 0 spiro atoms. The second-order valence-electron chi connectivity index (χ2n) is 8.78. The van der Waals surface area contributed by atoms with Gasteiger partial charge in [0.2, 0.25) is 0 Å². The molecule has 0 N–H and O–H groups in total. The van der Waals surface area contributed by atoms with Gasteiger partial charge in [-0.25, -0.2) is 0 Å². The van der Waals surface area contributed by atoms with E-state index in [-0.39, 0.29) is 20.3 Å². The molecule has 4 heterocycles. The Hall–Kier alpha value is -0.360. The zero-order valence-electron chi connectivity index (χ0n) is 18.4.